The van der Waals surface area contributed by atoms with Crippen LogP contribution in [0.4, 0.5) is 4.79 Å². The van der Waals surface area contributed by atoms with E-state index in [4.69, 9.17) is 4.74 Å². The number of amides is 2. The minimum Gasteiger partial charge on any atom is -0.450 e. The van der Waals surface area contributed by atoms with E-state index >= 15 is 0 Å². The molecule has 0 radical (unpaired) electrons. The summed E-state index contributed by atoms with van der Waals surface area (Å²) < 4.78 is 33.1. The number of piperidine rings is 1. The molecule has 0 aromatic carbocycles. The van der Waals surface area contributed by atoms with Gasteiger partial charge in [-0.1, -0.05) is 0 Å². The summed E-state index contributed by atoms with van der Waals surface area (Å²) in [6.45, 7) is 3.47. The molecule has 1 atom stereocenters. The van der Waals surface area contributed by atoms with Crippen LogP contribution in [0.5, 0.6) is 0 Å². The smallest absolute Gasteiger partial charge is 0.409 e. The van der Waals surface area contributed by atoms with Gasteiger partial charge in [0.05, 0.1) is 10.4 Å². The molecular formula is C17H24BrN3O5S2. The Hall–Kier alpha value is -1.17. The average molecular weight is 494 g/mol. The molecule has 2 aliphatic heterocycles. The molecular weight excluding hydrogens is 470 g/mol. The van der Waals surface area contributed by atoms with Gasteiger partial charge in [-0.05, 0) is 60.7 Å². The molecule has 0 bridgehead atoms. The number of thiophene rings is 1. The van der Waals surface area contributed by atoms with E-state index in [1.807, 2.05) is 0 Å². The molecule has 1 N–H and O–H groups in total. The summed E-state index contributed by atoms with van der Waals surface area (Å²) in [7, 11) is -3.69. The molecule has 1 unspecified atom stereocenters. The Morgan fingerprint density at radius 3 is 2.57 bits per heavy atom. The van der Waals surface area contributed by atoms with Gasteiger partial charge in [-0.15, -0.1) is 11.3 Å². The normalized spacial score (nSPS) is 21.6. The Kier molecular flexibility index (Phi) is 7.00. The van der Waals surface area contributed by atoms with Gasteiger partial charge < -0.3 is 15.0 Å². The zero-order chi connectivity index (χ0) is 20.3. The first-order valence-corrected chi connectivity index (χ1v) is 12.4. The number of ether oxygens (including phenoxy) is 1. The molecule has 28 heavy (non-hydrogen) atoms. The maximum atomic E-state index is 12.9. The summed E-state index contributed by atoms with van der Waals surface area (Å²) in [6, 6.07) is 2.50. The highest BCUT2D eigenvalue weighted by Crippen LogP contribution is 2.32. The lowest BCUT2D eigenvalue weighted by Crippen LogP contribution is -2.52. The van der Waals surface area contributed by atoms with Crippen molar-refractivity contribution in [1.82, 2.24) is 14.5 Å². The number of sulfonamides is 1. The SMILES string of the molecule is CCOC(=O)N1CCC(NC(=O)C2CCCN2S(=O)(=O)c2ccc(Br)s2)CC1. The van der Waals surface area contributed by atoms with Gasteiger partial charge in [-0.25, -0.2) is 13.2 Å². The lowest BCUT2D eigenvalue weighted by Gasteiger charge is -2.32. The van der Waals surface area contributed by atoms with Crippen molar-refractivity contribution in [2.45, 2.75) is 48.9 Å². The quantitative estimate of drug-likeness (QED) is 0.679. The molecule has 0 saturated carbocycles. The molecule has 2 fully saturated rings. The summed E-state index contributed by atoms with van der Waals surface area (Å²) in [5, 5.41) is 2.98. The largest absolute Gasteiger partial charge is 0.450 e. The predicted molar refractivity (Wildman–Crippen MR) is 109 cm³/mol. The fourth-order valence-electron chi connectivity index (χ4n) is 3.56. The third-order valence-electron chi connectivity index (χ3n) is 4.99. The molecule has 0 spiro atoms. The minimum atomic E-state index is -3.69. The van der Waals surface area contributed by atoms with E-state index in [9.17, 15) is 18.0 Å². The van der Waals surface area contributed by atoms with Crippen LogP contribution in [0, 0.1) is 0 Å². The Bertz CT molecular complexity index is 821. The van der Waals surface area contributed by atoms with Crippen LogP contribution < -0.4 is 5.32 Å². The van der Waals surface area contributed by atoms with E-state index in [2.05, 4.69) is 21.2 Å². The van der Waals surface area contributed by atoms with Crippen LogP contribution in [-0.4, -0.2) is 67.9 Å². The standard InChI is InChI=1S/C17H24BrN3O5S2/c1-2-26-17(23)20-10-7-12(8-11-20)19-16(22)13-4-3-9-21(13)28(24,25)15-6-5-14(18)27-15/h5-6,12-13H,2-4,7-11H2,1H3,(H,19,22). The van der Waals surface area contributed by atoms with Crippen LogP contribution in [0.15, 0.2) is 20.1 Å². The number of likely N-dealkylation sites (tertiary alicyclic amines) is 1. The van der Waals surface area contributed by atoms with Crippen LogP contribution in [0.25, 0.3) is 0 Å². The monoisotopic (exact) mass is 493 g/mol. The topological polar surface area (TPSA) is 96.0 Å². The molecule has 3 heterocycles. The summed E-state index contributed by atoms with van der Waals surface area (Å²) in [6.07, 6.45) is 2.09. The molecule has 156 valence electrons. The van der Waals surface area contributed by atoms with E-state index in [1.165, 1.54) is 4.31 Å². The Morgan fingerprint density at radius 2 is 1.96 bits per heavy atom. The van der Waals surface area contributed by atoms with Gasteiger partial charge in [-0.2, -0.15) is 4.31 Å². The van der Waals surface area contributed by atoms with Gasteiger partial charge in [0, 0.05) is 25.7 Å². The van der Waals surface area contributed by atoms with Crippen LogP contribution >= 0.6 is 27.3 Å². The highest BCUT2D eigenvalue weighted by atomic mass is 79.9. The highest BCUT2D eigenvalue weighted by molar-refractivity contribution is 9.11. The van der Waals surface area contributed by atoms with Gasteiger partial charge in [-0.3, -0.25) is 4.79 Å². The summed E-state index contributed by atoms with van der Waals surface area (Å²) in [4.78, 5) is 26.2. The second-order valence-corrected chi connectivity index (χ2v) is 11.4. The highest BCUT2D eigenvalue weighted by Gasteiger charge is 2.40. The maximum Gasteiger partial charge on any atom is 0.409 e. The molecule has 1 aromatic rings. The predicted octanol–water partition coefficient (Wildman–Crippen LogP) is 2.40. The second-order valence-electron chi connectivity index (χ2n) is 6.80. The number of carbonyl (C=O) groups excluding carboxylic acids is 2. The van der Waals surface area contributed by atoms with E-state index < -0.39 is 16.1 Å². The zero-order valence-corrected chi connectivity index (χ0v) is 18.8. The van der Waals surface area contributed by atoms with Crippen molar-refractivity contribution in [2.75, 3.05) is 26.2 Å². The van der Waals surface area contributed by atoms with Gasteiger partial charge in [0.15, 0.2) is 0 Å². The molecule has 0 aliphatic carbocycles. The van der Waals surface area contributed by atoms with Crippen molar-refractivity contribution in [3.05, 3.63) is 15.9 Å². The number of halogens is 1. The molecule has 2 amide bonds. The van der Waals surface area contributed by atoms with Crippen molar-refractivity contribution in [2.24, 2.45) is 0 Å². The Balaban J connectivity index is 1.59. The number of nitrogens with one attached hydrogen (secondary N) is 1. The number of carbonyl (C=O) groups is 2. The Labute approximate surface area is 177 Å². The molecule has 8 nitrogen and oxygen atoms in total. The zero-order valence-electron chi connectivity index (χ0n) is 15.6. The third-order valence-corrected chi connectivity index (χ3v) is 8.98. The first-order chi connectivity index (χ1) is 13.3. The van der Waals surface area contributed by atoms with Gasteiger partial charge in [0.2, 0.25) is 5.91 Å². The fourth-order valence-corrected chi connectivity index (χ4v) is 7.36. The molecule has 1 aromatic heterocycles. The van der Waals surface area contributed by atoms with Crippen molar-refractivity contribution in [3.63, 3.8) is 0 Å². The lowest BCUT2D eigenvalue weighted by atomic mass is 10.0. The number of nitrogens with zero attached hydrogens (tertiary/aromatic N) is 2. The van der Waals surface area contributed by atoms with E-state index in [1.54, 1.807) is 24.0 Å². The molecule has 2 saturated heterocycles. The number of hydrogen-bond acceptors (Lipinski definition) is 6. The number of hydrogen-bond donors (Lipinski definition) is 1. The van der Waals surface area contributed by atoms with Gasteiger partial charge in [0.25, 0.3) is 10.0 Å². The van der Waals surface area contributed by atoms with Gasteiger partial charge in [0.1, 0.15) is 10.3 Å². The first-order valence-electron chi connectivity index (χ1n) is 9.32. The first kappa shape index (κ1) is 21.5. The average Bonchev–Trinajstić information content (AvgIpc) is 3.32. The van der Waals surface area contributed by atoms with Crippen molar-refractivity contribution >= 4 is 49.3 Å². The van der Waals surface area contributed by atoms with E-state index in [0.29, 0.717) is 51.9 Å². The lowest BCUT2D eigenvalue weighted by molar-refractivity contribution is -0.125. The third kappa shape index (κ3) is 4.69. The van der Waals surface area contributed by atoms with E-state index in [-0.39, 0.29) is 22.3 Å². The molecule has 2 aliphatic rings. The van der Waals surface area contributed by atoms with Crippen molar-refractivity contribution < 1.29 is 22.7 Å². The van der Waals surface area contributed by atoms with Crippen molar-refractivity contribution in [1.29, 1.82) is 0 Å². The minimum absolute atomic E-state index is 0.0702. The van der Waals surface area contributed by atoms with Crippen LogP contribution in [-0.2, 0) is 19.6 Å². The molecule has 3 rings (SSSR count). The maximum absolute atomic E-state index is 12.9. The number of rotatable bonds is 5. The van der Waals surface area contributed by atoms with E-state index in [0.717, 1.165) is 15.1 Å². The van der Waals surface area contributed by atoms with Crippen LogP contribution in [0.1, 0.15) is 32.6 Å². The van der Waals surface area contributed by atoms with Crippen LogP contribution in [0.3, 0.4) is 0 Å². The fraction of sp³-hybridized carbons (Fsp3) is 0.647. The van der Waals surface area contributed by atoms with Gasteiger partial charge >= 0.3 is 6.09 Å². The summed E-state index contributed by atoms with van der Waals surface area (Å²) in [5.74, 6) is -0.258. The summed E-state index contributed by atoms with van der Waals surface area (Å²) in [5.41, 5.74) is 0. The summed E-state index contributed by atoms with van der Waals surface area (Å²) >= 11 is 4.43. The molecule has 11 heteroatoms. The van der Waals surface area contributed by atoms with Crippen molar-refractivity contribution in [3.8, 4) is 0 Å². The second kappa shape index (κ2) is 9.10. The van der Waals surface area contributed by atoms with Crippen LogP contribution in [0.2, 0.25) is 0 Å². The Morgan fingerprint density at radius 1 is 1.25 bits per heavy atom.